The van der Waals surface area contributed by atoms with Gasteiger partial charge in [0.2, 0.25) is 10.0 Å². The fourth-order valence-electron chi connectivity index (χ4n) is 4.97. The lowest BCUT2D eigenvalue weighted by Crippen LogP contribution is -2.50. The van der Waals surface area contributed by atoms with Gasteiger partial charge in [-0.1, -0.05) is 48.9 Å². The molecule has 5 rings (SSSR count). The van der Waals surface area contributed by atoms with E-state index in [1.807, 2.05) is 48.5 Å². The summed E-state index contributed by atoms with van der Waals surface area (Å²) in [5.41, 5.74) is 1.84. The molecule has 2 aliphatic heterocycles. The van der Waals surface area contributed by atoms with E-state index in [0.717, 1.165) is 36.0 Å². The van der Waals surface area contributed by atoms with Crippen molar-refractivity contribution in [2.75, 3.05) is 39.3 Å². The van der Waals surface area contributed by atoms with Crippen molar-refractivity contribution in [2.24, 2.45) is 0 Å². The van der Waals surface area contributed by atoms with E-state index in [0.29, 0.717) is 36.6 Å². The highest BCUT2D eigenvalue weighted by Gasteiger charge is 2.30. The minimum Gasteiger partial charge on any atom is -0.336 e. The minimum atomic E-state index is -3.60. The van der Waals surface area contributed by atoms with Gasteiger partial charge in [-0.3, -0.25) is 9.69 Å². The SMILES string of the molecule is O=C(c1cccc(CN2CCCCC2)c1)N1CCN(S(=O)(=O)c2ccc3ccccc3c2)CC1. The maximum absolute atomic E-state index is 13.2. The van der Waals surface area contributed by atoms with E-state index in [4.69, 9.17) is 0 Å². The highest BCUT2D eigenvalue weighted by Crippen LogP contribution is 2.23. The second-order valence-electron chi connectivity index (χ2n) is 9.24. The minimum absolute atomic E-state index is 0.0248. The Morgan fingerprint density at radius 2 is 1.47 bits per heavy atom. The van der Waals surface area contributed by atoms with Crippen molar-refractivity contribution in [2.45, 2.75) is 30.7 Å². The molecule has 34 heavy (non-hydrogen) atoms. The zero-order valence-electron chi connectivity index (χ0n) is 19.4. The highest BCUT2D eigenvalue weighted by molar-refractivity contribution is 7.89. The van der Waals surface area contributed by atoms with Crippen LogP contribution in [-0.4, -0.2) is 67.7 Å². The van der Waals surface area contributed by atoms with Crippen molar-refractivity contribution in [3.05, 3.63) is 77.9 Å². The largest absolute Gasteiger partial charge is 0.336 e. The number of carbonyl (C=O) groups excluding carboxylic acids is 1. The number of nitrogens with zero attached hydrogens (tertiary/aromatic N) is 3. The van der Waals surface area contributed by atoms with Crippen LogP contribution in [0.2, 0.25) is 0 Å². The van der Waals surface area contributed by atoms with Crippen molar-refractivity contribution in [3.63, 3.8) is 0 Å². The second kappa shape index (κ2) is 9.86. The molecule has 6 nitrogen and oxygen atoms in total. The van der Waals surface area contributed by atoms with Gasteiger partial charge >= 0.3 is 0 Å². The van der Waals surface area contributed by atoms with E-state index in [9.17, 15) is 13.2 Å². The third-order valence-corrected chi connectivity index (χ3v) is 8.81. The van der Waals surface area contributed by atoms with Crippen LogP contribution < -0.4 is 0 Å². The van der Waals surface area contributed by atoms with Gasteiger partial charge in [0.1, 0.15) is 0 Å². The van der Waals surface area contributed by atoms with Crippen LogP contribution in [0, 0.1) is 0 Å². The van der Waals surface area contributed by atoms with Crippen molar-refractivity contribution in [1.82, 2.24) is 14.1 Å². The molecule has 0 aliphatic carbocycles. The van der Waals surface area contributed by atoms with Crippen LogP contribution >= 0.6 is 0 Å². The molecule has 1 amide bonds. The Morgan fingerprint density at radius 1 is 0.735 bits per heavy atom. The number of hydrogen-bond acceptors (Lipinski definition) is 4. The molecule has 2 fully saturated rings. The molecule has 0 unspecified atom stereocenters. The summed E-state index contributed by atoms with van der Waals surface area (Å²) in [7, 11) is -3.60. The smallest absolute Gasteiger partial charge is 0.253 e. The Bertz CT molecular complexity index is 1280. The van der Waals surface area contributed by atoms with Gasteiger partial charge in [-0.15, -0.1) is 0 Å². The summed E-state index contributed by atoms with van der Waals surface area (Å²) in [5.74, 6) is -0.0248. The van der Waals surface area contributed by atoms with Crippen LogP contribution in [0.15, 0.2) is 71.6 Å². The van der Waals surface area contributed by atoms with Gasteiger partial charge in [0.25, 0.3) is 5.91 Å². The molecule has 0 N–H and O–H groups in total. The third-order valence-electron chi connectivity index (χ3n) is 6.91. The maximum Gasteiger partial charge on any atom is 0.253 e. The number of sulfonamides is 1. The number of piperazine rings is 1. The molecule has 0 aromatic heterocycles. The fourth-order valence-corrected chi connectivity index (χ4v) is 6.43. The standard InChI is InChI=1S/C27H31N3O3S/c31-27(25-10-6-7-22(19-25)21-28-13-4-1-5-14-28)29-15-17-30(18-16-29)34(32,33)26-12-11-23-8-2-3-9-24(23)20-26/h2-3,6-12,19-20H,1,4-5,13-18,21H2. The van der Waals surface area contributed by atoms with Gasteiger partial charge in [-0.05, 0) is 66.5 Å². The molecule has 0 bridgehead atoms. The molecule has 2 heterocycles. The van der Waals surface area contributed by atoms with E-state index in [-0.39, 0.29) is 5.91 Å². The summed E-state index contributed by atoms with van der Waals surface area (Å²) < 4.78 is 28.0. The number of likely N-dealkylation sites (tertiary alicyclic amines) is 1. The van der Waals surface area contributed by atoms with Gasteiger partial charge in [-0.2, -0.15) is 4.31 Å². The first-order valence-electron chi connectivity index (χ1n) is 12.1. The zero-order chi connectivity index (χ0) is 23.5. The van der Waals surface area contributed by atoms with E-state index in [1.165, 1.54) is 23.6 Å². The van der Waals surface area contributed by atoms with Gasteiger partial charge in [0.15, 0.2) is 0 Å². The van der Waals surface area contributed by atoms with Gasteiger partial charge in [0, 0.05) is 38.3 Å². The van der Waals surface area contributed by atoms with Crippen molar-refractivity contribution in [3.8, 4) is 0 Å². The second-order valence-corrected chi connectivity index (χ2v) is 11.2. The molecule has 2 aliphatic rings. The zero-order valence-corrected chi connectivity index (χ0v) is 20.2. The Labute approximate surface area is 201 Å². The molecular formula is C27H31N3O3S. The number of rotatable bonds is 5. The molecule has 2 saturated heterocycles. The summed E-state index contributed by atoms with van der Waals surface area (Å²) in [6.07, 6.45) is 3.79. The summed E-state index contributed by atoms with van der Waals surface area (Å²) >= 11 is 0. The molecule has 0 saturated carbocycles. The van der Waals surface area contributed by atoms with E-state index < -0.39 is 10.0 Å². The quantitative estimate of drug-likeness (QED) is 0.558. The first-order chi connectivity index (χ1) is 16.5. The Morgan fingerprint density at radius 3 is 2.24 bits per heavy atom. The predicted molar refractivity (Wildman–Crippen MR) is 134 cm³/mol. The van der Waals surface area contributed by atoms with E-state index in [1.54, 1.807) is 17.0 Å². The van der Waals surface area contributed by atoms with E-state index in [2.05, 4.69) is 11.0 Å². The molecule has 7 heteroatoms. The average molecular weight is 478 g/mol. The topological polar surface area (TPSA) is 60.9 Å². The Hall–Kier alpha value is -2.74. The summed E-state index contributed by atoms with van der Waals surface area (Å²) in [5, 5.41) is 1.92. The predicted octanol–water partition coefficient (Wildman–Crippen LogP) is 3.97. The lowest BCUT2D eigenvalue weighted by molar-refractivity contribution is 0.0697. The van der Waals surface area contributed by atoms with Crippen molar-refractivity contribution in [1.29, 1.82) is 0 Å². The average Bonchev–Trinajstić information content (AvgIpc) is 2.89. The van der Waals surface area contributed by atoms with Gasteiger partial charge in [-0.25, -0.2) is 8.42 Å². The molecule has 0 spiro atoms. The molecule has 0 radical (unpaired) electrons. The first-order valence-corrected chi connectivity index (χ1v) is 13.5. The lowest BCUT2D eigenvalue weighted by Gasteiger charge is -2.34. The number of benzene rings is 3. The molecule has 0 atom stereocenters. The number of fused-ring (bicyclic) bond motifs is 1. The summed E-state index contributed by atoms with van der Waals surface area (Å²) in [4.78, 5) is 17.7. The molecule has 3 aromatic rings. The highest BCUT2D eigenvalue weighted by atomic mass is 32.2. The Kier molecular flexibility index (Phi) is 6.68. The third kappa shape index (κ3) is 4.87. The summed E-state index contributed by atoms with van der Waals surface area (Å²) in [6.45, 7) is 4.49. The van der Waals surface area contributed by atoms with Crippen molar-refractivity contribution >= 4 is 26.7 Å². The van der Waals surface area contributed by atoms with Gasteiger partial charge in [0.05, 0.1) is 4.90 Å². The normalized spacial score (nSPS) is 18.3. The summed E-state index contributed by atoms with van der Waals surface area (Å²) in [6, 6.07) is 20.9. The van der Waals surface area contributed by atoms with Crippen LogP contribution in [0.1, 0.15) is 35.2 Å². The monoisotopic (exact) mass is 477 g/mol. The molecule has 3 aromatic carbocycles. The maximum atomic E-state index is 13.2. The lowest BCUT2D eigenvalue weighted by atomic mass is 10.1. The van der Waals surface area contributed by atoms with Crippen LogP contribution in [0.3, 0.4) is 0 Å². The molecular weight excluding hydrogens is 446 g/mol. The fraction of sp³-hybridized carbons (Fsp3) is 0.370. The van der Waals surface area contributed by atoms with Crippen LogP contribution in [0.5, 0.6) is 0 Å². The number of amides is 1. The van der Waals surface area contributed by atoms with Crippen molar-refractivity contribution < 1.29 is 13.2 Å². The Balaban J connectivity index is 1.24. The van der Waals surface area contributed by atoms with Gasteiger partial charge < -0.3 is 4.90 Å². The molecule has 178 valence electrons. The van der Waals surface area contributed by atoms with E-state index >= 15 is 0 Å². The van der Waals surface area contributed by atoms with Crippen LogP contribution in [0.25, 0.3) is 10.8 Å². The number of carbonyl (C=O) groups is 1. The first kappa shape index (κ1) is 23.0. The van der Waals surface area contributed by atoms with Crippen LogP contribution in [0.4, 0.5) is 0 Å². The number of hydrogen-bond donors (Lipinski definition) is 0. The number of piperidine rings is 1. The van der Waals surface area contributed by atoms with Crippen LogP contribution in [-0.2, 0) is 16.6 Å².